The molecule has 1 unspecified atom stereocenters. The van der Waals surface area contributed by atoms with Gasteiger partial charge in [0.25, 0.3) is 0 Å². The molecule has 1 fully saturated rings. The van der Waals surface area contributed by atoms with E-state index in [2.05, 4.69) is 10.6 Å². The number of amides is 4. The third kappa shape index (κ3) is 10.1. The Morgan fingerprint density at radius 2 is 1.51 bits per heavy atom. The summed E-state index contributed by atoms with van der Waals surface area (Å²) in [7, 11) is 1.50. The number of hydrogen-bond donors (Lipinski definition) is 3. The molecule has 3 aromatic rings. The predicted molar refractivity (Wildman–Crippen MR) is 175 cm³/mol. The average Bonchev–Trinajstić information content (AvgIpc) is 3.33. The van der Waals surface area contributed by atoms with Crippen LogP contribution >= 0.6 is 0 Å². The standard InChI is InChI=1S/C35H40N4O8/c1-24-9-6-7-12-28(24)36-35(45)37-29-15-13-25(21-30(29)46-2)14-16-31(40)38-17-8-18-39(20-19-38)33(43)27(22-32(41)42)34(44)47-23-26-10-4-3-5-11-26/h3-7,9-13,15,21,27H,8,14,16-20,22-23H2,1-2H3,(H,41,42)(H2,36,37,45). The van der Waals surface area contributed by atoms with Gasteiger partial charge in [-0.15, -0.1) is 0 Å². The monoisotopic (exact) mass is 644 g/mol. The van der Waals surface area contributed by atoms with Crippen molar-refractivity contribution in [2.45, 2.75) is 39.2 Å². The predicted octanol–water partition coefficient (Wildman–Crippen LogP) is 4.48. The van der Waals surface area contributed by atoms with Crippen LogP contribution in [0, 0.1) is 12.8 Å². The van der Waals surface area contributed by atoms with Crippen molar-refractivity contribution in [1.82, 2.24) is 9.80 Å². The van der Waals surface area contributed by atoms with Gasteiger partial charge in [0.15, 0.2) is 0 Å². The Kier molecular flexibility index (Phi) is 12.3. The number of nitrogens with one attached hydrogen (secondary N) is 2. The van der Waals surface area contributed by atoms with E-state index in [1.807, 2.05) is 43.3 Å². The van der Waals surface area contributed by atoms with E-state index in [4.69, 9.17) is 9.47 Å². The second-order valence-electron chi connectivity index (χ2n) is 11.2. The van der Waals surface area contributed by atoms with Crippen LogP contribution in [0.2, 0.25) is 0 Å². The van der Waals surface area contributed by atoms with E-state index < -0.39 is 36.2 Å². The average molecular weight is 645 g/mol. The third-order valence-electron chi connectivity index (χ3n) is 7.88. The number of aliphatic carboxylic acids is 1. The van der Waals surface area contributed by atoms with Crippen LogP contribution in [0.1, 0.15) is 36.0 Å². The van der Waals surface area contributed by atoms with Crippen molar-refractivity contribution in [3.8, 4) is 5.75 Å². The van der Waals surface area contributed by atoms with Crippen LogP contribution in [-0.4, -0.2) is 78.0 Å². The Morgan fingerprint density at radius 1 is 0.830 bits per heavy atom. The highest BCUT2D eigenvalue weighted by atomic mass is 16.5. The lowest BCUT2D eigenvalue weighted by molar-refractivity contribution is -0.161. The van der Waals surface area contributed by atoms with E-state index in [1.165, 1.54) is 12.0 Å². The minimum Gasteiger partial charge on any atom is -0.495 e. The second-order valence-corrected chi connectivity index (χ2v) is 11.2. The van der Waals surface area contributed by atoms with Gasteiger partial charge < -0.3 is 35.0 Å². The Morgan fingerprint density at radius 3 is 2.23 bits per heavy atom. The van der Waals surface area contributed by atoms with Crippen LogP contribution in [0.25, 0.3) is 0 Å². The van der Waals surface area contributed by atoms with Gasteiger partial charge in [0.05, 0.1) is 19.2 Å². The summed E-state index contributed by atoms with van der Waals surface area (Å²) in [5, 5.41) is 15.0. The first kappa shape index (κ1) is 34.5. The molecule has 4 amide bonds. The van der Waals surface area contributed by atoms with Gasteiger partial charge in [-0.05, 0) is 54.7 Å². The highest BCUT2D eigenvalue weighted by Gasteiger charge is 2.35. The lowest BCUT2D eigenvalue weighted by Crippen LogP contribution is -2.43. The van der Waals surface area contributed by atoms with Crippen molar-refractivity contribution in [3.05, 3.63) is 89.5 Å². The smallest absolute Gasteiger partial charge is 0.323 e. The summed E-state index contributed by atoms with van der Waals surface area (Å²) in [6.45, 7) is 2.97. The van der Waals surface area contributed by atoms with Crippen molar-refractivity contribution in [2.75, 3.05) is 43.9 Å². The lowest BCUT2D eigenvalue weighted by Gasteiger charge is -2.25. The Labute approximate surface area is 273 Å². The zero-order valence-corrected chi connectivity index (χ0v) is 26.6. The topological polar surface area (TPSA) is 155 Å². The molecule has 0 bridgehead atoms. The highest BCUT2D eigenvalue weighted by Crippen LogP contribution is 2.27. The van der Waals surface area contributed by atoms with E-state index in [9.17, 15) is 29.1 Å². The molecule has 1 aliphatic heterocycles. The van der Waals surface area contributed by atoms with Crippen molar-refractivity contribution in [1.29, 1.82) is 0 Å². The van der Waals surface area contributed by atoms with Crippen LogP contribution in [-0.2, 0) is 36.9 Å². The quantitative estimate of drug-likeness (QED) is 0.193. The molecule has 248 valence electrons. The number of hydrogen-bond acceptors (Lipinski definition) is 7. The molecule has 12 heteroatoms. The molecule has 1 atom stereocenters. The summed E-state index contributed by atoms with van der Waals surface area (Å²) in [6.07, 6.45) is 0.443. The van der Waals surface area contributed by atoms with Gasteiger partial charge in [-0.2, -0.15) is 0 Å². The van der Waals surface area contributed by atoms with E-state index >= 15 is 0 Å². The maximum absolute atomic E-state index is 13.3. The molecule has 0 aliphatic carbocycles. The molecule has 4 rings (SSSR count). The maximum Gasteiger partial charge on any atom is 0.323 e. The summed E-state index contributed by atoms with van der Waals surface area (Å²) in [5.41, 5.74) is 3.67. The Balaban J connectivity index is 1.29. The summed E-state index contributed by atoms with van der Waals surface area (Å²) >= 11 is 0. The minimum absolute atomic E-state index is 0.0697. The highest BCUT2D eigenvalue weighted by molar-refractivity contribution is 6.01. The number of benzene rings is 3. The normalized spacial score (nSPS) is 13.6. The molecule has 1 heterocycles. The molecular formula is C35H40N4O8. The number of anilines is 2. The van der Waals surface area contributed by atoms with Crippen molar-refractivity contribution in [2.24, 2.45) is 5.92 Å². The number of nitrogens with zero attached hydrogens (tertiary/aromatic N) is 2. The van der Waals surface area contributed by atoms with Crippen LogP contribution in [0.15, 0.2) is 72.8 Å². The largest absolute Gasteiger partial charge is 0.495 e. The number of carboxylic acids is 1. The number of methoxy groups -OCH3 is 1. The van der Waals surface area contributed by atoms with E-state index in [1.54, 1.807) is 41.3 Å². The van der Waals surface area contributed by atoms with Gasteiger partial charge in [0.1, 0.15) is 18.3 Å². The molecule has 1 aliphatic rings. The van der Waals surface area contributed by atoms with Gasteiger partial charge in [0, 0.05) is 38.3 Å². The summed E-state index contributed by atoms with van der Waals surface area (Å²) in [6, 6.07) is 21.3. The number of carbonyl (C=O) groups excluding carboxylic acids is 4. The first-order chi connectivity index (χ1) is 22.6. The van der Waals surface area contributed by atoms with Gasteiger partial charge in [-0.1, -0.05) is 54.6 Å². The summed E-state index contributed by atoms with van der Waals surface area (Å²) in [4.78, 5) is 66.4. The minimum atomic E-state index is -1.47. The first-order valence-electron chi connectivity index (χ1n) is 15.4. The molecular weight excluding hydrogens is 604 g/mol. The fraction of sp³-hybridized carbons (Fsp3) is 0.343. The van der Waals surface area contributed by atoms with E-state index in [-0.39, 0.29) is 38.6 Å². The zero-order valence-electron chi connectivity index (χ0n) is 26.6. The number of urea groups is 1. The lowest BCUT2D eigenvalue weighted by atomic mass is 10.0. The number of carboxylic acid groups (broad SMARTS) is 1. The fourth-order valence-corrected chi connectivity index (χ4v) is 5.28. The third-order valence-corrected chi connectivity index (χ3v) is 7.88. The van der Waals surface area contributed by atoms with Gasteiger partial charge in [-0.3, -0.25) is 19.2 Å². The van der Waals surface area contributed by atoms with Crippen LogP contribution in [0.4, 0.5) is 16.2 Å². The van der Waals surface area contributed by atoms with E-state index in [0.717, 1.165) is 16.7 Å². The molecule has 12 nitrogen and oxygen atoms in total. The molecule has 0 spiro atoms. The Hall–Kier alpha value is -5.39. The molecule has 0 radical (unpaired) electrons. The molecule has 47 heavy (non-hydrogen) atoms. The number of aryl methyl sites for hydroxylation is 2. The Bertz CT molecular complexity index is 1580. The molecule has 3 N–H and O–H groups in total. The number of carbonyl (C=O) groups is 5. The zero-order chi connectivity index (χ0) is 33.8. The van der Waals surface area contributed by atoms with Gasteiger partial charge >= 0.3 is 18.0 Å². The number of ether oxygens (including phenoxy) is 2. The molecule has 0 aromatic heterocycles. The van der Waals surface area contributed by atoms with Crippen LogP contribution in [0.3, 0.4) is 0 Å². The molecule has 0 saturated carbocycles. The van der Waals surface area contributed by atoms with Gasteiger partial charge in [0.2, 0.25) is 11.8 Å². The first-order valence-corrected chi connectivity index (χ1v) is 15.4. The van der Waals surface area contributed by atoms with Crippen molar-refractivity contribution >= 4 is 41.2 Å². The van der Waals surface area contributed by atoms with Crippen LogP contribution < -0.4 is 15.4 Å². The van der Waals surface area contributed by atoms with E-state index in [0.29, 0.717) is 36.5 Å². The summed E-state index contributed by atoms with van der Waals surface area (Å²) in [5.74, 6) is -3.90. The van der Waals surface area contributed by atoms with Crippen molar-refractivity contribution < 1.29 is 38.6 Å². The SMILES string of the molecule is COc1cc(CCC(=O)N2CCCN(C(=O)C(CC(=O)O)C(=O)OCc3ccccc3)CC2)ccc1NC(=O)Nc1ccccc1C. The maximum atomic E-state index is 13.3. The fourth-order valence-electron chi connectivity index (χ4n) is 5.28. The van der Waals surface area contributed by atoms with Crippen molar-refractivity contribution in [3.63, 3.8) is 0 Å². The number of rotatable bonds is 12. The van der Waals surface area contributed by atoms with Crippen LogP contribution in [0.5, 0.6) is 5.75 Å². The van der Waals surface area contributed by atoms with Gasteiger partial charge in [-0.25, -0.2) is 4.79 Å². The number of esters is 1. The molecule has 3 aromatic carbocycles. The summed E-state index contributed by atoms with van der Waals surface area (Å²) < 4.78 is 10.8. The second kappa shape index (κ2) is 16.8. The number of para-hydroxylation sites is 1. The molecule has 1 saturated heterocycles.